The van der Waals surface area contributed by atoms with E-state index in [2.05, 4.69) is 15.9 Å². The number of carbonyl (C=O) groups is 1. The second-order valence-electron chi connectivity index (χ2n) is 7.66. The lowest BCUT2D eigenvalue weighted by atomic mass is 10.1. The van der Waals surface area contributed by atoms with Crippen LogP contribution < -0.4 is 23.7 Å². The summed E-state index contributed by atoms with van der Waals surface area (Å²) in [7, 11) is 3.13. The van der Waals surface area contributed by atoms with Gasteiger partial charge in [-0.2, -0.15) is 0 Å². The minimum absolute atomic E-state index is 0.189. The fourth-order valence-corrected chi connectivity index (χ4v) is 4.43. The molecule has 3 aromatic rings. The summed E-state index contributed by atoms with van der Waals surface area (Å²) in [5, 5.41) is 0. The molecule has 0 amide bonds. The average molecular weight is 525 g/mol. The molecule has 7 nitrogen and oxygen atoms in total. The van der Waals surface area contributed by atoms with Crippen LogP contribution in [0.25, 0.3) is 6.08 Å². The fraction of sp³-hybridized carbons (Fsp3) is 0.192. The summed E-state index contributed by atoms with van der Waals surface area (Å²) in [4.78, 5) is 12.8. The molecule has 34 heavy (non-hydrogen) atoms. The molecule has 174 valence electrons. The van der Waals surface area contributed by atoms with Crippen LogP contribution in [0.5, 0.6) is 28.7 Å². The normalized spacial score (nSPS) is 15.3. The lowest BCUT2D eigenvalue weighted by Crippen LogP contribution is -2.14. The Balaban J connectivity index is 1.34. The summed E-state index contributed by atoms with van der Waals surface area (Å²) < 4.78 is 34.4. The van der Waals surface area contributed by atoms with Gasteiger partial charge >= 0.3 is 0 Å². The molecule has 2 aliphatic heterocycles. The SMILES string of the molecule is COc1ccc(/C=C2\Oc3cc(OCc4cc(Br)cc5c4OCOC5)ccc3C2=O)cc1OC. The standard InChI is InChI=1S/C26H21BrO7/c1-29-21-6-3-15(7-23(21)30-2)8-24-25(28)20-5-4-19(11-22(20)34-24)32-13-17-10-18(27)9-16-12-31-14-33-26(16)17/h3-11H,12-14H2,1-2H3/b24-8-. The molecule has 0 saturated carbocycles. The molecule has 0 bridgehead atoms. The third-order valence-electron chi connectivity index (χ3n) is 5.49. The van der Waals surface area contributed by atoms with E-state index in [1.807, 2.05) is 18.2 Å². The third kappa shape index (κ3) is 4.34. The van der Waals surface area contributed by atoms with Crippen LogP contribution in [0.3, 0.4) is 0 Å². The molecule has 2 aliphatic rings. The van der Waals surface area contributed by atoms with E-state index in [1.165, 1.54) is 0 Å². The van der Waals surface area contributed by atoms with Crippen LogP contribution in [0.15, 0.2) is 58.8 Å². The van der Waals surface area contributed by atoms with Gasteiger partial charge in [0.1, 0.15) is 23.9 Å². The molecule has 0 unspecified atom stereocenters. The number of ether oxygens (including phenoxy) is 6. The zero-order valence-corrected chi connectivity index (χ0v) is 20.1. The molecule has 0 aliphatic carbocycles. The first-order valence-corrected chi connectivity index (χ1v) is 11.3. The summed E-state index contributed by atoms with van der Waals surface area (Å²) in [5.41, 5.74) is 3.11. The number of ketones is 1. The van der Waals surface area contributed by atoms with Crippen LogP contribution in [0, 0.1) is 0 Å². The number of halogens is 1. The molecule has 0 spiro atoms. The highest BCUT2D eigenvalue weighted by Gasteiger charge is 2.28. The van der Waals surface area contributed by atoms with E-state index in [0.717, 1.165) is 26.9 Å². The van der Waals surface area contributed by atoms with Crippen molar-refractivity contribution in [2.75, 3.05) is 21.0 Å². The van der Waals surface area contributed by atoms with E-state index >= 15 is 0 Å². The summed E-state index contributed by atoms with van der Waals surface area (Å²) in [6, 6.07) is 14.5. The van der Waals surface area contributed by atoms with Gasteiger partial charge in [-0.15, -0.1) is 0 Å². The van der Waals surface area contributed by atoms with Crippen LogP contribution in [0.2, 0.25) is 0 Å². The van der Waals surface area contributed by atoms with Gasteiger partial charge in [-0.05, 0) is 48.0 Å². The lowest BCUT2D eigenvalue weighted by Gasteiger charge is -2.21. The van der Waals surface area contributed by atoms with Crippen molar-refractivity contribution >= 4 is 27.8 Å². The Morgan fingerprint density at radius 3 is 2.71 bits per heavy atom. The minimum atomic E-state index is -0.189. The highest BCUT2D eigenvalue weighted by molar-refractivity contribution is 9.10. The summed E-state index contributed by atoms with van der Waals surface area (Å²) in [6.45, 7) is 1.00. The van der Waals surface area contributed by atoms with Gasteiger partial charge in [0.25, 0.3) is 0 Å². The van der Waals surface area contributed by atoms with Crippen LogP contribution in [0.1, 0.15) is 27.0 Å². The van der Waals surface area contributed by atoms with Crippen molar-refractivity contribution in [3.63, 3.8) is 0 Å². The number of methoxy groups -OCH3 is 2. The first-order chi connectivity index (χ1) is 16.6. The zero-order valence-electron chi connectivity index (χ0n) is 18.6. The first kappa shape index (κ1) is 22.3. The Kier molecular flexibility index (Phi) is 6.17. The second kappa shape index (κ2) is 9.40. The number of fused-ring (bicyclic) bond motifs is 2. The molecule has 2 heterocycles. The van der Waals surface area contributed by atoms with Gasteiger partial charge in [0.15, 0.2) is 24.1 Å². The average Bonchev–Trinajstić information content (AvgIpc) is 3.16. The lowest BCUT2D eigenvalue weighted by molar-refractivity contribution is -0.0176. The van der Waals surface area contributed by atoms with Gasteiger partial charge in [0, 0.05) is 21.7 Å². The molecular weight excluding hydrogens is 504 g/mol. The van der Waals surface area contributed by atoms with E-state index in [-0.39, 0.29) is 18.3 Å². The van der Waals surface area contributed by atoms with Crippen molar-refractivity contribution < 1.29 is 33.2 Å². The number of hydrogen-bond donors (Lipinski definition) is 0. The summed E-state index contributed by atoms with van der Waals surface area (Å²) >= 11 is 3.52. The Labute approximate surface area is 204 Å². The summed E-state index contributed by atoms with van der Waals surface area (Å²) in [6.07, 6.45) is 1.68. The number of hydrogen-bond acceptors (Lipinski definition) is 7. The molecule has 0 atom stereocenters. The molecule has 0 fully saturated rings. The highest BCUT2D eigenvalue weighted by atomic mass is 79.9. The second-order valence-corrected chi connectivity index (χ2v) is 8.58. The maximum atomic E-state index is 12.8. The Hall–Kier alpha value is -3.49. The van der Waals surface area contributed by atoms with Gasteiger partial charge in [-0.3, -0.25) is 4.79 Å². The number of allylic oxidation sites excluding steroid dienone is 1. The molecule has 5 rings (SSSR count). The Morgan fingerprint density at radius 1 is 1.03 bits per heavy atom. The number of benzene rings is 3. The van der Waals surface area contributed by atoms with Gasteiger partial charge in [-0.25, -0.2) is 0 Å². The van der Waals surface area contributed by atoms with E-state index in [9.17, 15) is 4.79 Å². The van der Waals surface area contributed by atoms with E-state index in [4.69, 9.17) is 28.4 Å². The molecule has 0 N–H and O–H groups in total. The van der Waals surface area contributed by atoms with E-state index in [0.29, 0.717) is 41.8 Å². The van der Waals surface area contributed by atoms with Crippen molar-refractivity contribution in [3.8, 4) is 28.7 Å². The monoisotopic (exact) mass is 524 g/mol. The number of carbonyl (C=O) groups excluding carboxylic acids is 1. The molecule has 0 aromatic heterocycles. The van der Waals surface area contributed by atoms with Crippen LogP contribution in [-0.4, -0.2) is 26.8 Å². The largest absolute Gasteiger partial charge is 0.493 e. The topological polar surface area (TPSA) is 72.5 Å². The zero-order chi connectivity index (χ0) is 23.7. The van der Waals surface area contributed by atoms with Crippen molar-refractivity contribution in [3.05, 3.63) is 81.0 Å². The van der Waals surface area contributed by atoms with Crippen molar-refractivity contribution in [2.24, 2.45) is 0 Å². The predicted molar refractivity (Wildman–Crippen MR) is 128 cm³/mol. The van der Waals surface area contributed by atoms with E-state index in [1.54, 1.807) is 50.6 Å². The molecular formula is C26H21BrO7. The quantitative estimate of drug-likeness (QED) is 0.392. The van der Waals surface area contributed by atoms with Crippen LogP contribution in [-0.2, 0) is 18.0 Å². The maximum absolute atomic E-state index is 12.8. The minimum Gasteiger partial charge on any atom is -0.493 e. The Morgan fingerprint density at radius 2 is 1.88 bits per heavy atom. The van der Waals surface area contributed by atoms with Gasteiger partial charge in [-0.1, -0.05) is 22.0 Å². The molecule has 8 heteroatoms. The van der Waals surface area contributed by atoms with Crippen molar-refractivity contribution in [1.82, 2.24) is 0 Å². The van der Waals surface area contributed by atoms with Gasteiger partial charge in [0.2, 0.25) is 5.78 Å². The van der Waals surface area contributed by atoms with Gasteiger partial charge in [0.05, 0.1) is 26.4 Å². The van der Waals surface area contributed by atoms with Crippen molar-refractivity contribution in [2.45, 2.75) is 13.2 Å². The molecule has 3 aromatic carbocycles. The molecule has 0 saturated heterocycles. The van der Waals surface area contributed by atoms with Crippen LogP contribution >= 0.6 is 15.9 Å². The number of rotatable bonds is 6. The smallest absolute Gasteiger partial charge is 0.231 e. The predicted octanol–water partition coefficient (Wildman–Crippen LogP) is 5.53. The number of Topliss-reactive ketones (excluding diaryl/α,β-unsaturated/α-hetero) is 1. The van der Waals surface area contributed by atoms with Gasteiger partial charge < -0.3 is 28.4 Å². The van der Waals surface area contributed by atoms with Crippen molar-refractivity contribution in [1.29, 1.82) is 0 Å². The first-order valence-electron chi connectivity index (χ1n) is 10.5. The fourth-order valence-electron chi connectivity index (χ4n) is 3.88. The third-order valence-corrected chi connectivity index (χ3v) is 5.95. The Bertz CT molecular complexity index is 1300. The maximum Gasteiger partial charge on any atom is 0.231 e. The molecule has 0 radical (unpaired) electrons. The van der Waals surface area contributed by atoms with E-state index < -0.39 is 0 Å². The summed E-state index contributed by atoms with van der Waals surface area (Å²) in [5.74, 6) is 3.04. The highest BCUT2D eigenvalue weighted by Crippen LogP contribution is 2.37. The van der Waals surface area contributed by atoms with Crippen LogP contribution in [0.4, 0.5) is 0 Å².